The standard InChI is InChI=1S/C74H64BN3S/c1-45-39-50(48-21-12-10-13-22-48)31-34-61(45)76(62-35-32-51(40-46(62)2)49-23-14-11-15-24-49)52-42-55-53-33-36-67-68(54-25-16-19-30-66(54)79-67)70(53)78(64-44-59-58(41-47(64)3)72(4,5)37-38-73(59,6)7)75-60-28-20-27-57-71(60)77(65(43-52)69(55)75)63-29-18-17-26-56(63)74(57,8)9/h10-36,39-44H,37-38H2,1-9H3. The first-order valence-electron chi connectivity index (χ1n) is 28.4. The molecule has 0 atom stereocenters. The molecule has 0 spiro atoms. The Labute approximate surface area is 470 Å². The first-order chi connectivity index (χ1) is 38.2. The molecule has 1 aromatic heterocycles. The average Bonchev–Trinajstić information content (AvgIpc) is 3.49. The van der Waals surface area contributed by atoms with E-state index in [0.29, 0.717) is 0 Å². The molecule has 0 bridgehead atoms. The fraction of sp³-hybridized carbons (Fsp3) is 0.189. The van der Waals surface area contributed by atoms with E-state index in [1.165, 1.54) is 138 Å². The third kappa shape index (κ3) is 7.04. The van der Waals surface area contributed by atoms with Gasteiger partial charge in [0.25, 0.3) is 0 Å². The number of anilines is 8. The monoisotopic (exact) mass is 1040 g/mol. The number of nitrogens with zero attached hydrogens (tertiary/aromatic N) is 3. The van der Waals surface area contributed by atoms with E-state index in [0.717, 1.165) is 23.5 Å². The zero-order chi connectivity index (χ0) is 53.9. The Morgan fingerprint density at radius 1 is 0.443 bits per heavy atom. The van der Waals surface area contributed by atoms with Crippen molar-refractivity contribution in [1.82, 2.24) is 0 Å². The maximum Gasteiger partial charge on any atom is 0.333 e. The van der Waals surface area contributed by atoms with Crippen LogP contribution in [0.1, 0.15) is 93.3 Å². The fourth-order valence-corrected chi connectivity index (χ4v) is 15.7. The van der Waals surface area contributed by atoms with Crippen molar-refractivity contribution < 1.29 is 0 Å². The second kappa shape index (κ2) is 17.2. The molecule has 0 N–H and O–H groups in total. The number of hydrogen-bond acceptors (Lipinski definition) is 4. The molecule has 0 saturated carbocycles. The Morgan fingerprint density at radius 2 is 1.05 bits per heavy atom. The summed E-state index contributed by atoms with van der Waals surface area (Å²) in [5.74, 6) is 0. The molecule has 0 fully saturated rings. The predicted octanol–water partition coefficient (Wildman–Crippen LogP) is 19.5. The maximum atomic E-state index is 2.84. The predicted molar refractivity (Wildman–Crippen MR) is 340 cm³/mol. The molecule has 4 heterocycles. The molecule has 4 aliphatic rings. The van der Waals surface area contributed by atoms with Crippen LogP contribution in [-0.4, -0.2) is 6.85 Å². The molecular formula is C74H64BN3S. The molecule has 15 rings (SSSR count). The van der Waals surface area contributed by atoms with Crippen LogP contribution >= 0.6 is 11.3 Å². The van der Waals surface area contributed by atoms with Gasteiger partial charge in [-0.3, -0.25) is 0 Å². The van der Waals surface area contributed by atoms with Crippen LogP contribution in [0.5, 0.6) is 0 Å². The van der Waals surface area contributed by atoms with Gasteiger partial charge in [0.15, 0.2) is 0 Å². The summed E-state index contributed by atoms with van der Waals surface area (Å²) in [5, 5.41) is 2.65. The SMILES string of the molecule is Cc1cc2c(cc1N1B3c4cccc5c4N(c4ccccc4C5(C)C)c4cc(N(c5ccc(-c6ccccc6)cc5C)c5ccc(-c6ccccc6)cc5C)cc(c43)-c3ccc4sc5ccccc5c4c31)C(C)(C)CCC2(C)C. The molecule has 0 saturated heterocycles. The third-order valence-corrected chi connectivity index (χ3v) is 20.0. The van der Waals surface area contributed by atoms with Crippen LogP contribution in [-0.2, 0) is 16.2 Å². The Balaban J connectivity index is 1.08. The Bertz CT molecular complexity index is 4270. The molecule has 10 aromatic carbocycles. The van der Waals surface area contributed by atoms with Crippen molar-refractivity contribution in [3.05, 3.63) is 239 Å². The molecule has 0 radical (unpaired) electrons. The minimum Gasteiger partial charge on any atom is -0.376 e. The number of hydrogen-bond donors (Lipinski definition) is 0. The lowest BCUT2D eigenvalue weighted by Gasteiger charge is -2.51. The maximum absolute atomic E-state index is 2.84. The number of rotatable bonds is 6. The van der Waals surface area contributed by atoms with Gasteiger partial charge in [0, 0.05) is 71.0 Å². The van der Waals surface area contributed by atoms with E-state index in [-0.39, 0.29) is 23.1 Å². The summed E-state index contributed by atoms with van der Waals surface area (Å²) in [6.45, 7) is 21.6. The second-order valence-corrected chi connectivity index (χ2v) is 26.0. The Kier molecular flexibility index (Phi) is 10.5. The van der Waals surface area contributed by atoms with Crippen LogP contribution in [0.2, 0.25) is 0 Å². The molecule has 384 valence electrons. The van der Waals surface area contributed by atoms with E-state index in [1.54, 1.807) is 0 Å². The number of benzene rings is 10. The summed E-state index contributed by atoms with van der Waals surface area (Å²) in [6.07, 6.45) is 2.33. The molecular weight excluding hydrogens is 974 g/mol. The van der Waals surface area contributed by atoms with E-state index in [1.807, 2.05) is 11.3 Å². The lowest BCUT2D eigenvalue weighted by atomic mass is 9.42. The molecule has 79 heavy (non-hydrogen) atoms. The summed E-state index contributed by atoms with van der Waals surface area (Å²) in [7, 11) is 0. The van der Waals surface area contributed by atoms with Crippen LogP contribution in [0.3, 0.4) is 0 Å². The lowest BCUT2D eigenvalue weighted by Crippen LogP contribution is -2.62. The first-order valence-corrected chi connectivity index (χ1v) is 29.2. The highest BCUT2D eigenvalue weighted by molar-refractivity contribution is 7.26. The largest absolute Gasteiger partial charge is 0.376 e. The van der Waals surface area contributed by atoms with Crippen LogP contribution in [0.25, 0.3) is 53.6 Å². The highest BCUT2D eigenvalue weighted by atomic mass is 32.1. The highest BCUT2D eigenvalue weighted by Gasteiger charge is 2.51. The Morgan fingerprint density at radius 3 is 1.72 bits per heavy atom. The van der Waals surface area contributed by atoms with Crippen molar-refractivity contribution in [3.8, 4) is 33.4 Å². The van der Waals surface area contributed by atoms with Crippen LogP contribution in [0.4, 0.5) is 45.5 Å². The quantitative estimate of drug-likeness (QED) is 0.154. The summed E-state index contributed by atoms with van der Waals surface area (Å²) in [5.41, 5.74) is 29.1. The van der Waals surface area contributed by atoms with E-state index in [4.69, 9.17) is 0 Å². The smallest absolute Gasteiger partial charge is 0.333 e. The number of fused-ring (bicyclic) bond motifs is 11. The molecule has 11 aromatic rings. The van der Waals surface area contributed by atoms with Gasteiger partial charge in [0.1, 0.15) is 0 Å². The van der Waals surface area contributed by atoms with Crippen LogP contribution < -0.4 is 25.5 Å². The zero-order valence-electron chi connectivity index (χ0n) is 46.8. The van der Waals surface area contributed by atoms with Crippen molar-refractivity contribution in [3.63, 3.8) is 0 Å². The average molecular weight is 1040 g/mol. The lowest BCUT2D eigenvalue weighted by molar-refractivity contribution is 0.332. The summed E-state index contributed by atoms with van der Waals surface area (Å²) < 4.78 is 2.63. The van der Waals surface area contributed by atoms with Crippen LogP contribution in [0, 0.1) is 20.8 Å². The van der Waals surface area contributed by atoms with Crippen molar-refractivity contribution in [2.45, 2.75) is 91.4 Å². The zero-order valence-corrected chi connectivity index (χ0v) is 47.6. The summed E-state index contributed by atoms with van der Waals surface area (Å²) >= 11 is 1.92. The minimum atomic E-state index is -0.261. The molecule has 1 aliphatic carbocycles. The van der Waals surface area contributed by atoms with E-state index in [2.05, 4.69) is 277 Å². The van der Waals surface area contributed by atoms with Crippen LogP contribution in [0.15, 0.2) is 200 Å². The third-order valence-electron chi connectivity index (χ3n) is 18.8. The summed E-state index contributed by atoms with van der Waals surface area (Å²) in [6, 6.07) is 76.6. The van der Waals surface area contributed by atoms with Gasteiger partial charge in [-0.05, 0) is 183 Å². The van der Waals surface area contributed by atoms with Gasteiger partial charge in [-0.2, -0.15) is 0 Å². The molecule has 3 nitrogen and oxygen atoms in total. The molecule has 0 unspecified atom stereocenters. The first kappa shape index (κ1) is 48.0. The van der Waals surface area contributed by atoms with E-state index in [9.17, 15) is 0 Å². The number of thiophene rings is 1. The minimum absolute atomic E-state index is 0.0201. The molecule has 5 heteroatoms. The normalized spacial score (nSPS) is 15.8. The highest BCUT2D eigenvalue weighted by Crippen LogP contribution is 2.59. The van der Waals surface area contributed by atoms with Crippen molar-refractivity contribution in [2.24, 2.45) is 0 Å². The number of aryl methyl sites for hydroxylation is 3. The van der Waals surface area contributed by atoms with Gasteiger partial charge in [-0.15, -0.1) is 11.3 Å². The van der Waals surface area contributed by atoms with Gasteiger partial charge in [-0.25, -0.2) is 0 Å². The topological polar surface area (TPSA) is 9.72 Å². The van der Waals surface area contributed by atoms with Gasteiger partial charge >= 0.3 is 6.85 Å². The van der Waals surface area contributed by atoms with Gasteiger partial charge in [0.2, 0.25) is 0 Å². The van der Waals surface area contributed by atoms with E-state index < -0.39 is 0 Å². The van der Waals surface area contributed by atoms with E-state index >= 15 is 0 Å². The fourth-order valence-electron chi connectivity index (χ4n) is 14.6. The van der Waals surface area contributed by atoms with Crippen molar-refractivity contribution >= 4 is 94.8 Å². The van der Waals surface area contributed by atoms with Gasteiger partial charge < -0.3 is 14.6 Å². The van der Waals surface area contributed by atoms with Gasteiger partial charge in [0.05, 0.1) is 5.69 Å². The summed E-state index contributed by atoms with van der Waals surface area (Å²) in [4.78, 5) is 8.09. The molecule has 3 aliphatic heterocycles. The Hall–Kier alpha value is -8.12. The van der Waals surface area contributed by atoms with Crippen molar-refractivity contribution in [2.75, 3.05) is 14.6 Å². The molecule has 0 amide bonds. The van der Waals surface area contributed by atoms with Crippen molar-refractivity contribution in [1.29, 1.82) is 0 Å². The second-order valence-electron chi connectivity index (χ2n) is 24.9. The van der Waals surface area contributed by atoms with Gasteiger partial charge in [-0.1, -0.05) is 181 Å². The number of para-hydroxylation sites is 2.